The van der Waals surface area contributed by atoms with Crippen LogP contribution in [0.3, 0.4) is 0 Å². The molecule has 2 heterocycles. The maximum absolute atomic E-state index is 12.5. The molecule has 1 atom stereocenters. The average molecular weight is 313 g/mol. The van der Waals surface area contributed by atoms with Gasteiger partial charge < -0.3 is 15.4 Å². The minimum absolute atomic E-state index is 0.461. The topological polar surface area (TPSA) is 65.1 Å². The molecule has 2 aromatic carbocycles. The molecule has 4 rings (SSSR count). The Hall–Kier alpha value is -2.30. The number of aliphatic hydroxyl groups is 1. The molecule has 4 nitrogen and oxygen atoms in total. The second kappa shape index (κ2) is 4.35. The van der Waals surface area contributed by atoms with E-state index in [1.165, 1.54) is 0 Å². The third-order valence-corrected chi connectivity index (χ3v) is 4.44. The van der Waals surface area contributed by atoms with Gasteiger partial charge in [-0.15, -0.1) is 0 Å². The number of benzene rings is 2. The first-order valence-electron chi connectivity index (χ1n) is 6.93. The molecule has 0 aliphatic carbocycles. The van der Waals surface area contributed by atoms with E-state index in [0.717, 1.165) is 16.6 Å². The number of H-pyrrole nitrogens is 1. The molecule has 3 aromatic rings. The number of aromatic amines is 1. The first kappa shape index (κ1) is 13.4. The van der Waals surface area contributed by atoms with E-state index in [2.05, 4.69) is 10.3 Å². The number of amides is 1. The van der Waals surface area contributed by atoms with Gasteiger partial charge in [-0.1, -0.05) is 29.8 Å². The number of nitrogens with one attached hydrogen (secondary N) is 2. The number of anilines is 1. The van der Waals surface area contributed by atoms with Crippen LogP contribution in [-0.2, 0) is 10.4 Å². The van der Waals surface area contributed by atoms with E-state index in [1.807, 2.05) is 31.2 Å². The van der Waals surface area contributed by atoms with Crippen molar-refractivity contribution < 1.29 is 9.90 Å². The van der Waals surface area contributed by atoms with Crippen molar-refractivity contribution in [1.29, 1.82) is 0 Å². The third kappa shape index (κ3) is 1.59. The zero-order valence-electron chi connectivity index (χ0n) is 11.8. The monoisotopic (exact) mass is 312 g/mol. The summed E-state index contributed by atoms with van der Waals surface area (Å²) >= 11 is 6.06. The predicted molar refractivity (Wildman–Crippen MR) is 86.1 cm³/mol. The van der Waals surface area contributed by atoms with Crippen LogP contribution in [0.25, 0.3) is 10.9 Å². The molecule has 1 aromatic heterocycles. The standard InChI is InChI=1S/C17H13ClN2O2/c1-9-15(11-4-2-3-5-13(11)19-9)17(22)12-8-10(18)6-7-14(12)20-16(17)21/h2-8,19,22H,1H3,(H,20,21)/t17-/m0/s1. The van der Waals surface area contributed by atoms with Crippen LogP contribution in [0.4, 0.5) is 5.69 Å². The minimum Gasteiger partial charge on any atom is -0.372 e. The molecule has 0 bridgehead atoms. The number of carbonyl (C=O) groups is 1. The van der Waals surface area contributed by atoms with Gasteiger partial charge in [-0.25, -0.2) is 0 Å². The van der Waals surface area contributed by atoms with Gasteiger partial charge in [0.25, 0.3) is 5.91 Å². The molecular weight excluding hydrogens is 300 g/mol. The predicted octanol–water partition coefficient (Wildman–Crippen LogP) is 3.32. The quantitative estimate of drug-likeness (QED) is 0.645. The average Bonchev–Trinajstić information content (AvgIpc) is 2.95. The zero-order chi connectivity index (χ0) is 15.5. The second-order valence-corrected chi connectivity index (χ2v) is 5.96. The fourth-order valence-electron chi connectivity index (χ4n) is 3.25. The molecule has 0 radical (unpaired) electrons. The summed E-state index contributed by atoms with van der Waals surface area (Å²) in [5.41, 5.74) is 1.53. The molecule has 22 heavy (non-hydrogen) atoms. The number of hydrogen-bond donors (Lipinski definition) is 3. The minimum atomic E-state index is -1.75. The van der Waals surface area contributed by atoms with Gasteiger partial charge in [0.05, 0.1) is 0 Å². The number of carbonyl (C=O) groups excluding carboxylic acids is 1. The summed E-state index contributed by atoms with van der Waals surface area (Å²) in [6.07, 6.45) is 0. The number of halogens is 1. The number of aromatic nitrogens is 1. The highest BCUT2D eigenvalue weighted by atomic mass is 35.5. The Kier molecular flexibility index (Phi) is 2.64. The molecule has 0 unspecified atom stereocenters. The van der Waals surface area contributed by atoms with Gasteiger partial charge in [-0.05, 0) is 31.2 Å². The van der Waals surface area contributed by atoms with E-state index in [0.29, 0.717) is 21.8 Å². The SMILES string of the molecule is Cc1[nH]c2ccccc2c1[C@]1(O)C(=O)Nc2ccc(Cl)cc21. The zero-order valence-corrected chi connectivity index (χ0v) is 12.5. The maximum atomic E-state index is 12.5. The van der Waals surface area contributed by atoms with E-state index in [1.54, 1.807) is 18.2 Å². The van der Waals surface area contributed by atoms with Crippen molar-refractivity contribution >= 4 is 34.1 Å². The van der Waals surface area contributed by atoms with Crippen molar-refractivity contribution in [3.05, 3.63) is 64.3 Å². The molecule has 3 N–H and O–H groups in total. The van der Waals surface area contributed by atoms with E-state index in [4.69, 9.17) is 11.6 Å². The molecule has 5 heteroatoms. The summed E-state index contributed by atoms with van der Waals surface area (Å²) < 4.78 is 0. The second-order valence-electron chi connectivity index (χ2n) is 5.53. The largest absolute Gasteiger partial charge is 0.372 e. The van der Waals surface area contributed by atoms with Crippen molar-refractivity contribution in [2.75, 3.05) is 5.32 Å². The molecule has 1 amide bonds. The molecule has 110 valence electrons. The lowest BCUT2D eigenvalue weighted by Crippen LogP contribution is -2.35. The first-order chi connectivity index (χ1) is 10.5. The molecule has 1 aliphatic rings. The lowest BCUT2D eigenvalue weighted by molar-refractivity contribution is -0.129. The summed E-state index contributed by atoms with van der Waals surface area (Å²) in [5.74, 6) is -0.461. The van der Waals surface area contributed by atoms with Gasteiger partial charge in [0.15, 0.2) is 5.60 Å². The Labute approximate surface area is 131 Å². The van der Waals surface area contributed by atoms with Crippen molar-refractivity contribution in [1.82, 2.24) is 4.98 Å². The number of aryl methyl sites for hydroxylation is 1. The van der Waals surface area contributed by atoms with E-state index in [-0.39, 0.29) is 0 Å². The molecule has 0 saturated heterocycles. The van der Waals surface area contributed by atoms with Gasteiger partial charge in [0.2, 0.25) is 0 Å². The van der Waals surface area contributed by atoms with Crippen LogP contribution >= 0.6 is 11.6 Å². The van der Waals surface area contributed by atoms with E-state index in [9.17, 15) is 9.90 Å². The summed E-state index contributed by atoms with van der Waals surface area (Å²) in [7, 11) is 0. The molecule has 1 aliphatic heterocycles. The number of fused-ring (bicyclic) bond motifs is 2. The molecule has 0 spiro atoms. The van der Waals surface area contributed by atoms with Crippen LogP contribution in [0.5, 0.6) is 0 Å². The van der Waals surface area contributed by atoms with Crippen LogP contribution < -0.4 is 5.32 Å². The van der Waals surface area contributed by atoms with Crippen molar-refractivity contribution in [2.24, 2.45) is 0 Å². The van der Waals surface area contributed by atoms with E-state index < -0.39 is 11.5 Å². The lowest BCUT2D eigenvalue weighted by atomic mass is 9.85. The number of hydrogen-bond acceptors (Lipinski definition) is 2. The van der Waals surface area contributed by atoms with Gasteiger partial charge in [-0.3, -0.25) is 4.79 Å². The van der Waals surface area contributed by atoms with Crippen LogP contribution in [-0.4, -0.2) is 16.0 Å². The highest BCUT2D eigenvalue weighted by Gasteiger charge is 2.49. The molecule has 0 fully saturated rings. The van der Waals surface area contributed by atoms with Crippen LogP contribution in [0.15, 0.2) is 42.5 Å². The molecular formula is C17H13ClN2O2. The Balaban J connectivity index is 2.08. The molecule has 0 saturated carbocycles. The highest BCUT2D eigenvalue weighted by Crippen LogP contribution is 2.45. The normalized spacial score (nSPS) is 20.2. The first-order valence-corrected chi connectivity index (χ1v) is 7.31. The fraction of sp³-hybridized carbons (Fsp3) is 0.118. The van der Waals surface area contributed by atoms with Gasteiger partial charge in [0, 0.05) is 38.4 Å². The Morgan fingerprint density at radius 1 is 1.18 bits per heavy atom. The summed E-state index contributed by atoms with van der Waals surface area (Å²) in [5, 5.41) is 15.3. The Morgan fingerprint density at radius 2 is 1.95 bits per heavy atom. The Morgan fingerprint density at radius 3 is 2.77 bits per heavy atom. The smallest absolute Gasteiger partial charge is 0.265 e. The van der Waals surface area contributed by atoms with Crippen LogP contribution in [0.1, 0.15) is 16.8 Å². The highest BCUT2D eigenvalue weighted by molar-refractivity contribution is 6.31. The number of rotatable bonds is 1. The lowest BCUT2D eigenvalue weighted by Gasteiger charge is -2.22. The van der Waals surface area contributed by atoms with Crippen LogP contribution in [0, 0.1) is 6.92 Å². The van der Waals surface area contributed by atoms with Gasteiger partial charge in [0.1, 0.15) is 0 Å². The Bertz CT molecular complexity index is 932. The van der Waals surface area contributed by atoms with Gasteiger partial charge in [-0.2, -0.15) is 0 Å². The summed E-state index contributed by atoms with van der Waals surface area (Å²) in [4.78, 5) is 15.8. The maximum Gasteiger partial charge on any atom is 0.265 e. The van der Waals surface area contributed by atoms with Crippen molar-refractivity contribution in [3.8, 4) is 0 Å². The van der Waals surface area contributed by atoms with Crippen LogP contribution in [0.2, 0.25) is 5.02 Å². The van der Waals surface area contributed by atoms with Gasteiger partial charge >= 0.3 is 0 Å². The van der Waals surface area contributed by atoms with Crippen molar-refractivity contribution in [2.45, 2.75) is 12.5 Å². The third-order valence-electron chi connectivity index (χ3n) is 4.20. The van der Waals surface area contributed by atoms with Crippen molar-refractivity contribution in [3.63, 3.8) is 0 Å². The number of para-hydroxylation sites is 1. The summed E-state index contributed by atoms with van der Waals surface area (Å²) in [6, 6.07) is 12.6. The fourth-order valence-corrected chi connectivity index (χ4v) is 3.42. The van der Waals surface area contributed by atoms with E-state index >= 15 is 0 Å². The summed E-state index contributed by atoms with van der Waals surface area (Å²) in [6.45, 7) is 1.85.